The molecule has 0 bridgehead atoms. The Morgan fingerprint density at radius 3 is 1.59 bits per heavy atom. The number of fused-ring (bicyclic) bond motifs is 1. The molecular weight excluding hydrogens is 869 g/mol. The number of rotatable bonds is 13. The molecule has 0 saturated carbocycles. The number of benzene rings is 6. The van der Waals surface area contributed by atoms with Gasteiger partial charge in [-0.25, -0.2) is 36.5 Å². The molecule has 3 amide bonds. The van der Waals surface area contributed by atoms with Crippen LogP contribution in [0.4, 0.5) is 25.8 Å². The van der Waals surface area contributed by atoms with Crippen LogP contribution in [0.2, 0.25) is 0 Å². The minimum Gasteiger partial charge on any atom is -0.507 e. The second-order valence-corrected chi connectivity index (χ2v) is 17.7. The van der Waals surface area contributed by atoms with E-state index in [1.165, 1.54) is 12.3 Å². The van der Waals surface area contributed by atoms with Crippen LogP contribution >= 0.6 is 0 Å². The molecule has 6 aromatic rings. The molecule has 328 valence electrons. The Hall–Kier alpha value is -7.77. The number of hydrogen-bond donors (Lipinski definition) is 4. The van der Waals surface area contributed by atoms with Crippen LogP contribution in [-0.4, -0.2) is 64.7 Å². The van der Waals surface area contributed by atoms with Gasteiger partial charge in [0.25, 0.3) is 37.8 Å². The summed E-state index contributed by atoms with van der Waals surface area (Å²) in [6, 6.07) is 35.1. The Morgan fingerprint density at radius 2 is 1.09 bits per heavy atom. The molecule has 0 atom stereocenters. The van der Waals surface area contributed by atoms with Crippen molar-refractivity contribution in [1.29, 1.82) is 0 Å². The fourth-order valence-electron chi connectivity index (χ4n) is 5.95. The van der Waals surface area contributed by atoms with E-state index in [1.54, 1.807) is 91.0 Å². The Kier molecular flexibility index (Phi) is 14.3. The van der Waals surface area contributed by atoms with Gasteiger partial charge in [0, 0.05) is 11.1 Å². The molecule has 7 rings (SSSR count). The number of carbonyl (C=O) groups is 3. The Morgan fingerprint density at radius 1 is 0.641 bits per heavy atom. The number of nitrogens with zero attached hydrogens (tertiary/aromatic N) is 4. The highest BCUT2D eigenvalue weighted by atomic mass is 32.2. The highest BCUT2D eigenvalue weighted by molar-refractivity contribution is 7.93. The fraction of sp³-hybridized carbons (Fsp3) is 0.0889. The number of carbonyl (C=O) groups excluding carboxylic acids is 3. The lowest BCUT2D eigenvalue weighted by Crippen LogP contribution is -2.40. The maximum absolute atomic E-state index is 13.3. The van der Waals surface area contributed by atoms with Gasteiger partial charge in [0.05, 0.1) is 33.1 Å². The number of para-hydroxylation sites is 2. The molecule has 0 aromatic heterocycles. The standard InChI is InChI=1S/C23H19FN4O4S.C22H20FN3O4S/c1-15-6-10-17(11-7-15)28(33(31,32)18-12-8-16(24)9-13-18)14-21(29)26-27-22-19-4-2-3-5-20(19)25-23(22)30;1-16-6-10-19(11-7-16)26(31(29,30)20-12-8-18(23)9-13-20)15-22(28)25-24-14-17-4-2-3-5-21(17)27/h2-13H,14H2,1H3,(H,26,29)(H,25,27,30);2-14,27H,15H2,1H3,(H,25,28)/b;24-14+. The number of phenols is 1. The molecule has 0 unspecified atom stereocenters. The Balaban J connectivity index is 0.000000213. The maximum Gasteiger partial charge on any atom is 0.276 e. The van der Waals surface area contributed by atoms with Crippen molar-refractivity contribution in [3.8, 4) is 5.75 Å². The van der Waals surface area contributed by atoms with Crippen molar-refractivity contribution < 1.29 is 45.1 Å². The molecule has 1 heterocycles. The summed E-state index contributed by atoms with van der Waals surface area (Å²) in [7, 11) is -8.35. The molecule has 6 aromatic carbocycles. The van der Waals surface area contributed by atoms with E-state index in [2.05, 4.69) is 26.4 Å². The van der Waals surface area contributed by atoms with Gasteiger partial charge in [0.2, 0.25) is 0 Å². The van der Waals surface area contributed by atoms with Crippen molar-refractivity contribution in [3.63, 3.8) is 0 Å². The van der Waals surface area contributed by atoms with E-state index in [9.17, 15) is 45.1 Å². The van der Waals surface area contributed by atoms with Gasteiger partial charge in [0.1, 0.15) is 30.5 Å². The van der Waals surface area contributed by atoms with E-state index in [0.29, 0.717) is 16.8 Å². The number of hydrogen-bond acceptors (Lipinski definition) is 10. The largest absolute Gasteiger partial charge is 0.507 e. The number of amides is 3. The first-order valence-corrected chi connectivity index (χ1v) is 22.0. The number of hydrazone groups is 2. The van der Waals surface area contributed by atoms with Gasteiger partial charge in [-0.15, -0.1) is 0 Å². The number of anilines is 3. The van der Waals surface area contributed by atoms with E-state index >= 15 is 0 Å². The minimum absolute atomic E-state index is 0.0133. The summed E-state index contributed by atoms with van der Waals surface area (Å²) in [5.41, 5.74) is 8.35. The highest BCUT2D eigenvalue weighted by Crippen LogP contribution is 2.27. The van der Waals surface area contributed by atoms with Gasteiger partial charge in [-0.3, -0.25) is 23.0 Å². The van der Waals surface area contributed by atoms with Gasteiger partial charge in [0.15, 0.2) is 5.71 Å². The van der Waals surface area contributed by atoms with Crippen LogP contribution in [0, 0.1) is 25.5 Å². The molecule has 0 spiro atoms. The van der Waals surface area contributed by atoms with Crippen LogP contribution in [0.3, 0.4) is 0 Å². The van der Waals surface area contributed by atoms with Gasteiger partial charge in [-0.2, -0.15) is 10.2 Å². The second-order valence-electron chi connectivity index (χ2n) is 13.9. The summed E-state index contributed by atoms with van der Waals surface area (Å²) < 4.78 is 81.2. The van der Waals surface area contributed by atoms with Crippen molar-refractivity contribution in [3.05, 3.63) is 179 Å². The summed E-state index contributed by atoms with van der Waals surface area (Å²) in [4.78, 5) is 37.0. The number of phenolic OH excluding ortho intramolecular Hbond substituents is 1. The van der Waals surface area contributed by atoms with Crippen LogP contribution in [0.25, 0.3) is 0 Å². The zero-order valence-electron chi connectivity index (χ0n) is 34.0. The van der Waals surface area contributed by atoms with Crippen LogP contribution < -0.4 is 24.8 Å². The number of aryl methyl sites for hydroxylation is 2. The molecule has 0 aliphatic carbocycles. The van der Waals surface area contributed by atoms with Gasteiger partial charge in [-0.1, -0.05) is 65.7 Å². The third-order valence-electron chi connectivity index (χ3n) is 9.29. The molecular formula is C45H39F2N7O8S2. The topological polar surface area (TPSA) is 207 Å². The number of aromatic hydroxyl groups is 1. The average molecular weight is 908 g/mol. The molecule has 1 aliphatic heterocycles. The maximum atomic E-state index is 13.3. The fourth-order valence-corrected chi connectivity index (χ4v) is 8.80. The third-order valence-corrected chi connectivity index (χ3v) is 12.9. The summed E-state index contributed by atoms with van der Waals surface area (Å²) in [6.45, 7) is 2.53. The SMILES string of the molecule is Cc1ccc(N(CC(=O)N/N=C/c2ccccc2O)S(=O)(=O)c2ccc(F)cc2)cc1.Cc1ccc(N(CC(=O)N/N=C2\C(=O)Nc3ccccc32)S(=O)(=O)c2ccc(F)cc2)cc1. The van der Waals surface area contributed by atoms with E-state index < -0.39 is 62.5 Å². The Bertz CT molecular complexity index is 2950. The predicted molar refractivity (Wildman–Crippen MR) is 238 cm³/mol. The van der Waals surface area contributed by atoms with E-state index in [-0.39, 0.29) is 32.6 Å². The average Bonchev–Trinajstić information content (AvgIpc) is 3.60. The number of nitrogens with one attached hydrogen (secondary N) is 3. The highest BCUT2D eigenvalue weighted by Gasteiger charge is 2.30. The first-order chi connectivity index (χ1) is 30.5. The zero-order valence-corrected chi connectivity index (χ0v) is 35.6. The van der Waals surface area contributed by atoms with Crippen LogP contribution in [0.15, 0.2) is 166 Å². The first kappa shape index (κ1) is 45.7. The summed E-state index contributed by atoms with van der Waals surface area (Å²) in [5, 5.41) is 20.0. The number of sulfonamides is 2. The third kappa shape index (κ3) is 11.2. The van der Waals surface area contributed by atoms with Crippen molar-refractivity contribution >= 4 is 66.8 Å². The molecule has 4 N–H and O–H groups in total. The monoisotopic (exact) mass is 907 g/mol. The second kappa shape index (κ2) is 20.0. The zero-order chi connectivity index (χ0) is 46.0. The van der Waals surface area contributed by atoms with Crippen LogP contribution in [0.5, 0.6) is 5.75 Å². The lowest BCUT2D eigenvalue weighted by atomic mass is 10.1. The van der Waals surface area contributed by atoms with E-state index in [4.69, 9.17) is 0 Å². The predicted octanol–water partition coefficient (Wildman–Crippen LogP) is 5.99. The van der Waals surface area contributed by atoms with Crippen LogP contribution in [0.1, 0.15) is 22.3 Å². The molecule has 0 fully saturated rings. The molecule has 64 heavy (non-hydrogen) atoms. The van der Waals surface area contributed by atoms with Crippen molar-refractivity contribution in [2.45, 2.75) is 23.6 Å². The van der Waals surface area contributed by atoms with Gasteiger partial charge in [-0.05, 0) is 105 Å². The lowest BCUT2D eigenvalue weighted by Gasteiger charge is -2.23. The molecule has 0 saturated heterocycles. The minimum atomic E-state index is -4.20. The number of halogens is 2. The van der Waals surface area contributed by atoms with Crippen molar-refractivity contribution in [1.82, 2.24) is 10.9 Å². The summed E-state index contributed by atoms with van der Waals surface area (Å²) >= 11 is 0. The summed E-state index contributed by atoms with van der Waals surface area (Å²) in [6.07, 6.45) is 1.25. The molecule has 15 nitrogen and oxygen atoms in total. The van der Waals surface area contributed by atoms with Crippen molar-refractivity contribution in [2.75, 3.05) is 27.0 Å². The Labute approximate surface area is 367 Å². The van der Waals surface area contributed by atoms with Gasteiger partial charge < -0.3 is 10.4 Å². The smallest absolute Gasteiger partial charge is 0.276 e. The lowest BCUT2D eigenvalue weighted by molar-refractivity contribution is -0.120. The van der Waals surface area contributed by atoms with E-state index in [1.807, 2.05) is 13.8 Å². The normalized spacial score (nSPS) is 12.8. The van der Waals surface area contributed by atoms with E-state index in [0.717, 1.165) is 68.3 Å². The van der Waals surface area contributed by atoms with Crippen LogP contribution in [-0.2, 0) is 34.4 Å². The van der Waals surface area contributed by atoms with Crippen molar-refractivity contribution in [2.24, 2.45) is 10.2 Å². The molecule has 0 radical (unpaired) electrons. The van der Waals surface area contributed by atoms with Gasteiger partial charge >= 0.3 is 0 Å². The quantitative estimate of drug-likeness (QED) is 0.0799. The molecule has 1 aliphatic rings. The first-order valence-electron chi connectivity index (χ1n) is 19.1. The summed E-state index contributed by atoms with van der Waals surface area (Å²) in [5.74, 6) is -3.10. The molecule has 19 heteroatoms.